The summed E-state index contributed by atoms with van der Waals surface area (Å²) in [5, 5.41) is 2.70. The number of hydrogen-bond acceptors (Lipinski definition) is 1. The molecule has 1 aromatic rings. The Morgan fingerprint density at radius 1 is 1.25 bits per heavy atom. The number of carbonyl (C=O) groups is 1. The minimum atomic E-state index is -0.0267. The molecule has 0 fully saturated rings. The number of para-hydroxylation sites is 1. The van der Waals surface area contributed by atoms with E-state index in [4.69, 9.17) is 0 Å². The molecule has 2 nitrogen and oxygen atoms in total. The van der Waals surface area contributed by atoms with Gasteiger partial charge in [0.2, 0.25) is 0 Å². The van der Waals surface area contributed by atoms with Crippen LogP contribution >= 0.6 is 0 Å². The van der Waals surface area contributed by atoms with Gasteiger partial charge < -0.3 is 5.32 Å². The molecule has 1 aliphatic rings. The zero-order valence-electron chi connectivity index (χ0n) is 7.29. The summed E-state index contributed by atoms with van der Waals surface area (Å²) in [7, 11) is 1.59. The maximum Gasteiger partial charge on any atom is 0.274 e. The summed E-state index contributed by atoms with van der Waals surface area (Å²) in [5.74, 6) is -0.0267. The van der Waals surface area contributed by atoms with Crippen LogP contribution in [-0.4, -0.2) is 13.1 Å². The van der Waals surface area contributed by atoms with E-state index in [-0.39, 0.29) is 5.81 Å². The predicted octanol–water partition coefficient (Wildman–Crippen LogP) is 1.59. The summed E-state index contributed by atoms with van der Waals surface area (Å²) in [5.41, 5.74) is 1.89. The summed E-state index contributed by atoms with van der Waals surface area (Å²) in [6, 6.07) is 7.61. The van der Waals surface area contributed by atoms with E-state index < -0.39 is 0 Å². The summed E-state index contributed by atoms with van der Waals surface area (Å²) in [4.78, 5) is 10.7. The van der Waals surface area contributed by atoms with Gasteiger partial charge in [-0.15, -0.1) is 0 Å². The monoisotopic (exact) mass is 160 g/mol. The molecule has 0 atom stereocenters. The lowest BCUT2D eigenvalue weighted by atomic mass is 9.72. The Labute approximate surface area is 73.2 Å². The second-order valence-corrected chi connectivity index (χ2v) is 2.22. The molecule has 3 heteroatoms. The van der Waals surface area contributed by atoms with Crippen LogP contribution < -0.4 is 10.8 Å². The summed E-state index contributed by atoms with van der Waals surface area (Å²) < 4.78 is 0. The lowest BCUT2D eigenvalue weighted by Crippen LogP contribution is -2.14. The first-order valence-electron chi connectivity index (χ1n) is 4.11. The topological polar surface area (TPSA) is 29.1 Å². The molecule has 1 aliphatic heterocycles. The molecule has 0 spiro atoms. The predicted molar refractivity (Wildman–Crippen MR) is 52.2 cm³/mol. The summed E-state index contributed by atoms with van der Waals surface area (Å²) >= 11 is 0. The van der Waals surface area contributed by atoms with Gasteiger partial charge in [-0.2, -0.15) is 0 Å². The largest absolute Gasteiger partial charge is 0.336 e. The van der Waals surface area contributed by atoms with Gasteiger partial charge in [0.25, 0.3) is 7.28 Å². The van der Waals surface area contributed by atoms with Gasteiger partial charge in [-0.3, -0.25) is 4.79 Å². The number of anilines is 1. The fraction of sp³-hybridized carbons (Fsp3) is 0.222. The van der Waals surface area contributed by atoms with Crippen LogP contribution in [0.3, 0.4) is 0 Å². The highest BCUT2D eigenvalue weighted by Crippen LogP contribution is 2.07. The number of rotatable bonds is 0. The van der Waals surface area contributed by atoms with Crippen molar-refractivity contribution in [3.05, 3.63) is 24.3 Å². The third-order valence-electron chi connectivity index (χ3n) is 1.51. The normalized spacial score (nSPS) is 12.0. The number of fused-ring (bicyclic) bond motifs is 1. The molecule has 1 amide bonds. The molecular weight excluding hydrogens is 149 g/mol. The van der Waals surface area contributed by atoms with Crippen LogP contribution in [0.2, 0.25) is 0 Å². The molecule has 2 rings (SSSR count). The van der Waals surface area contributed by atoms with Crippen LogP contribution in [0.15, 0.2) is 24.3 Å². The van der Waals surface area contributed by atoms with E-state index in [2.05, 4.69) is 5.32 Å². The SMILES string of the molecule is CC.O=C1[B]c2ccccc2N1. The smallest absolute Gasteiger partial charge is 0.274 e. The van der Waals surface area contributed by atoms with E-state index in [0.29, 0.717) is 0 Å². The molecule has 1 heterocycles. The van der Waals surface area contributed by atoms with E-state index in [1.807, 2.05) is 38.1 Å². The molecule has 1 N–H and O–H groups in total. The van der Waals surface area contributed by atoms with Crippen LogP contribution in [0.5, 0.6) is 0 Å². The second-order valence-electron chi connectivity index (χ2n) is 2.22. The average Bonchev–Trinajstić information content (AvgIpc) is 2.48. The van der Waals surface area contributed by atoms with Crippen molar-refractivity contribution >= 4 is 24.2 Å². The molecular formula is C9H11BNO. The Balaban J connectivity index is 0.000000336. The third kappa shape index (κ3) is 1.67. The molecule has 0 saturated carbocycles. The standard InChI is InChI=1S/C7H5BNO.C2H6/c10-7-8-5-3-1-2-4-6(5)9-7;1-2/h1-4H,(H,9,10);1-2H3. The van der Waals surface area contributed by atoms with Crippen LogP contribution in [0.25, 0.3) is 0 Å². The Hall–Kier alpha value is -1.25. The second kappa shape index (κ2) is 3.95. The molecule has 0 aliphatic carbocycles. The van der Waals surface area contributed by atoms with Crippen LogP contribution in [0, 0.1) is 0 Å². The first kappa shape index (κ1) is 8.85. The molecule has 61 valence electrons. The number of carbonyl (C=O) groups excluding carboxylic acids is 1. The van der Waals surface area contributed by atoms with Crippen molar-refractivity contribution in [3.63, 3.8) is 0 Å². The minimum Gasteiger partial charge on any atom is -0.336 e. The molecule has 12 heavy (non-hydrogen) atoms. The minimum absolute atomic E-state index is 0.0267. The van der Waals surface area contributed by atoms with Crippen LogP contribution in [0.4, 0.5) is 10.5 Å². The van der Waals surface area contributed by atoms with Crippen LogP contribution in [0.1, 0.15) is 13.8 Å². The van der Waals surface area contributed by atoms with Crippen LogP contribution in [-0.2, 0) is 0 Å². The van der Waals surface area contributed by atoms with Gasteiger partial charge in [-0.25, -0.2) is 0 Å². The van der Waals surface area contributed by atoms with Gasteiger partial charge in [-0.1, -0.05) is 37.5 Å². The lowest BCUT2D eigenvalue weighted by Gasteiger charge is -1.94. The molecule has 1 aromatic carbocycles. The Bertz CT molecular complexity index is 259. The van der Waals surface area contributed by atoms with E-state index in [1.165, 1.54) is 0 Å². The van der Waals surface area contributed by atoms with E-state index in [1.54, 1.807) is 7.28 Å². The van der Waals surface area contributed by atoms with Crippen molar-refractivity contribution in [2.24, 2.45) is 0 Å². The number of benzene rings is 1. The highest BCUT2D eigenvalue weighted by atomic mass is 16.1. The van der Waals surface area contributed by atoms with Crippen molar-refractivity contribution in [1.29, 1.82) is 0 Å². The Kier molecular flexibility index (Phi) is 2.91. The maximum atomic E-state index is 10.7. The van der Waals surface area contributed by atoms with Gasteiger partial charge in [0.15, 0.2) is 5.81 Å². The first-order valence-corrected chi connectivity index (χ1v) is 4.11. The highest BCUT2D eigenvalue weighted by Gasteiger charge is 2.17. The molecule has 0 aromatic heterocycles. The van der Waals surface area contributed by atoms with Crippen molar-refractivity contribution in [1.82, 2.24) is 0 Å². The molecule has 1 radical (unpaired) electrons. The van der Waals surface area contributed by atoms with Gasteiger partial charge in [0.1, 0.15) is 0 Å². The zero-order chi connectivity index (χ0) is 8.97. The van der Waals surface area contributed by atoms with Gasteiger partial charge >= 0.3 is 0 Å². The summed E-state index contributed by atoms with van der Waals surface area (Å²) in [6.45, 7) is 4.00. The van der Waals surface area contributed by atoms with E-state index >= 15 is 0 Å². The van der Waals surface area contributed by atoms with E-state index in [0.717, 1.165) is 11.2 Å². The number of hydrogen-bond donors (Lipinski definition) is 1. The Morgan fingerprint density at radius 3 is 2.58 bits per heavy atom. The Morgan fingerprint density at radius 2 is 1.92 bits per heavy atom. The fourth-order valence-electron chi connectivity index (χ4n) is 1.05. The van der Waals surface area contributed by atoms with Crippen molar-refractivity contribution in [2.45, 2.75) is 13.8 Å². The van der Waals surface area contributed by atoms with Gasteiger partial charge in [-0.05, 0) is 6.07 Å². The van der Waals surface area contributed by atoms with E-state index in [9.17, 15) is 4.79 Å². The zero-order valence-corrected chi connectivity index (χ0v) is 7.29. The fourth-order valence-corrected chi connectivity index (χ4v) is 1.05. The van der Waals surface area contributed by atoms with Crippen molar-refractivity contribution in [2.75, 3.05) is 5.32 Å². The van der Waals surface area contributed by atoms with Crippen molar-refractivity contribution in [3.8, 4) is 0 Å². The van der Waals surface area contributed by atoms with Gasteiger partial charge in [0.05, 0.1) is 0 Å². The quantitative estimate of drug-likeness (QED) is 0.573. The average molecular weight is 160 g/mol. The molecule has 0 bridgehead atoms. The third-order valence-corrected chi connectivity index (χ3v) is 1.51. The summed E-state index contributed by atoms with van der Waals surface area (Å²) in [6.07, 6.45) is 0. The number of nitrogens with one attached hydrogen (secondary N) is 1. The van der Waals surface area contributed by atoms with Gasteiger partial charge in [0, 0.05) is 5.69 Å². The lowest BCUT2D eigenvalue weighted by molar-refractivity contribution is 0.269. The first-order chi connectivity index (χ1) is 5.86. The maximum absolute atomic E-state index is 10.7. The molecule has 0 unspecified atom stereocenters. The van der Waals surface area contributed by atoms with Crippen molar-refractivity contribution < 1.29 is 4.79 Å². The number of amides is 1. The highest BCUT2D eigenvalue weighted by molar-refractivity contribution is 6.89. The molecule has 0 saturated heterocycles.